The Morgan fingerprint density at radius 3 is 2.48 bits per heavy atom. The van der Waals surface area contributed by atoms with Crippen LogP contribution in [0.4, 0.5) is 13.2 Å². The van der Waals surface area contributed by atoms with Crippen LogP contribution in [0, 0.1) is 5.92 Å². The molecule has 0 saturated carbocycles. The van der Waals surface area contributed by atoms with Gasteiger partial charge in [-0.3, -0.25) is 9.36 Å². The van der Waals surface area contributed by atoms with Gasteiger partial charge in [-0.05, 0) is 36.8 Å². The van der Waals surface area contributed by atoms with E-state index in [0.29, 0.717) is 10.7 Å². The number of aromatic amines is 1. The molecular weight excluding hydrogens is 313 g/mol. The average molecular weight is 324 g/mol. The number of hydrogen-bond donors (Lipinski definition) is 2. The number of aliphatic carboxylic acids is 1. The van der Waals surface area contributed by atoms with Crippen molar-refractivity contribution in [3.63, 3.8) is 0 Å². The molecule has 1 aliphatic rings. The molecule has 3 rings (SSSR count). The predicted molar refractivity (Wildman–Crippen MR) is 75.3 cm³/mol. The molecular formula is C15H11F3N2O3. The van der Waals surface area contributed by atoms with Gasteiger partial charge in [0.15, 0.2) is 0 Å². The van der Waals surface area contributed by atoms with Gasteiger partial charge in [-0.2, -0.15) is 13.2 Å². The molecule has 0 saturated heterocycles. The number of H-pyrrole nitrogens is 1. The van der Waals surface area contributed by atoms with E-state index in [2.05, 4.69) is 4.98 Å². The van der Waals surface area contributed by atoms with E-state index >= 15 is 0 Å². The van der Waals surface area contributed by atoms with Crippen molar-refractivity contribution < 1.29 is 23.1 Å². The van der Waals surface area contributed by atoms with Crippen molar-refractivity contribution in [3.8, 4) is 5.69 Å². The number of nitrogens with one attached hydrogen (secondary N) is 1. The largest absolute Gasteiger partial charge is 0.481 e. The zero-order valence-electron chi connectivity index (χ0n) is 11.6. The summed E-state index contributed by atoms with van der Waals surface area (Å²) in [5.41, 5.74) is -1.06. The standard InChI is InChI=1S/C15H11F3N2O3/c16-15(17,18)9-2-4-10(5-3-9)20-12-6-1-8(13(21)22)7-11(12)19-14(20)23/h2-8H,1H2,(H,19,23)(H,21,22). The second-order valence-corrected chi connectivity index (χ2v) is 5.16. The molecule has 0 bridgehead atoms. The second-order valence-electron chi connectivity index (χ2n) is 5.16. The van der Waals surface area contributed by atoms with Crippen LogP contribution in [0.3, 0.4) is 0 Å². The van der Waals surface area contributed by atoms with E-state index in [0.717, 1.165) is 12.1 Å². The number of carboxylic acid groups (broad SMARTS) is 1. The summed E-state index contributed by atoms with van der Waals surface area (Å²) >= 11 is 0. The van der Waals surface area contributed by atoms with E-state index in [1.165, 1.54) is 22.8 Å². The topological polar surface area (TPSA) is 75.1 Å². The van der Waals surface area contributed by atoms with Gasteiger partial charge in [0, 0.05) is 0 Å². The van der Waals surface area contributed by atoms with Crippen molar-refractivity contribution >= 4 is 18.1 Å². The number of carboxylic acids is 1. The monoisotopic (exact) mass is 324 g/mol. The van der Waals surface area contributed by atoms with Crippen LogP contribution >= 0.6 is 0 Å². The summed E-state index contributed by atoms with van der Waals surface area (Å²) in [6.07, 6.45) is -1.22. The molecule has 2 N–H and O–H groups in total. The Labute approximate surface area is 127 Å². The number of aromatic nitrogens is 2. The van der Waals surface area contributed by atoms with Crippen LogP contribution in [0.15, 0.2) is 29.1 Å². The Bertz CT molecular complexity index is 936. The third-order valence-corrected chi connectivity index (χ3v) is 3.66. The molecule has 1 heterocycles. The Morgan fingerprint density at radius 2 is 1.91 bits per heavy atom. The minimum absolute atomic E-state index is 0.209. The summed E-state index contributed by atoms with van der Waals surface area (Å²) in [5.74, 6) is -1.74. The van der Waals surface area contributed by atoms with Gasteiger partial charge in [0.2, 0.25) is 0 Å². The summed E-state index contributed by atoms with van der Waals surface area (Å²) in [7, 11) is 0. The number of carbonyl (C=O) groups is 1. The summed E-state index contributed by atoms with van der Waals surface area (Å²) < 4.78 is 39.0. The van der Waals surface area contributed by atoms with Crippen molar-refractivity contribution in [2.45, 2.75) is 12.6 Å². The summed E-state index contributed by atoms with van der Waals surface area (Å²) in [6, 6.07) is 4.20. The summed E-state index contributed by atoms with van der Waals surface area (Å²) in [4.78, 5) is 25.6. The molecule has 0 fully saturated rings. The number of alkyl halides is 3. The van der Waals surface area contributed by atoms with E-state index in [4.69, 9.17) is 5.11 Å². The minimum Gasteiger partial charge on any atom is -0.481 e. The van der Waals surface area contributed by atoms with Crippen molar-refractivity contribution in [2.75, 3.05) is 0 Å². The highest BCUT2D eigenvalue weighted by Gasteiger charge is 2.30. The zero-order chi connectivity index (χ0) is 16.8. The first-order chi connectivity index (χ1) is 10.8. The molecule has 1 aromatic carbocycles. The zero-order valence-corrected chi connectivity index (χ0v) is 11.6. The van der Waals surface area contributed by atoms with Gasteiger partial charge in [0.1, 0.15) is 0 Å². The van der Waals surface area contributed by atoms with Crippen LogP contribution < -0.4 is 16.4 Å². The number of imidazole rings is 1. The number of halogens is 3. The highest BCUT2D eigenvalue weighted by molar-refractivity contribution is 5.78. The molecule has 23 heavy (non-hydrogen) atoms. The molecule has 1 atom stereocenters. The first-order valence-corrected chi connectivity index (χ1v) is 6.71. The first-order valence-electron chi connectivity index (χ1n) is 6.71. The Kier molecular flexibility index (Phi) is 3.39. The van der Waals surface area contributed by atoms with Gasteiger partial charge in [0.25, 0.3) is 0 Å². The lowest BCUT2D eigenvalue weighted by Crippen LogP contribution is -2.35. The van der Waals surface area contributed by atoms with Crippen LogP contribution in [-0.4, -0.2) is 20.6 Å². The van der Waals surface area contributed by atoms with Crippen LogP contribution in [0.25, 0.3) is 17.8 Å². The molecule has 1 aromatic heterocycles. The SMILES string of the molecule is O=C(O)C1C=c2[nH]c(=O)n(-c3ccc(C(F)(F)F)cc3)c2=CC1. The highest BCUT2D eigenvalue weighted by Crippen LogP contribution is 2.29. The van der Waals surface area contributed by atoms with Gasteiger partial charge < -0.3 is 10.1 Å². The number of hydrogen-bond acceptors (Lipinski definition) is 2. The lowest BCUT2D eigenvalue weighted by molar-refractivity contribution is -0.139. The lowest BCUT2D eigenvalue weighted by atomic mass is 10.0. The smallest absolute Gasteiger partial charge is 0.416 e. The fourth-order valence-corrected chi connectivity index (χ4v) is 2.53. The molecule has 1 unspecified atom stereocenters. The van der Waals surface area contributed by atoms with Gasteiger partial charge >= 0.3 is 17.8 Å². The summed E-state index contributed by atoms with van der Waals surface area (Å²) in [5, 5.41) is 9.81. The van der Waals surface area contributed by atoms with Gasteiger partial charge in [-0.25, -0.2) is 4.79 Å². The molecule has 1 aliphatic carbocycles. The number of rotatable bonds is 2. The third kappa shape index (κ3) is 2.67. The fourth-order valence-electron chi connectivity index (χ4n) is 2.53. The maximum atomic E-state index is 12.6. The quantitative estimate of drug-likeness (QED) is 0.860. The van der Waals surface area contributed by atoms with E-state index in [1.807, 2.05) is 0 Å². The van der Waals surface area contributed by atoms with Crippen LogP contribution in [-0.2, 0) is 11.0 Å². The van der Waals surface area contributed by atoms with Crippen molar-refractivity contribution in [3.05, 3.63) is 51.0 Å². The summed E-state index contributed by atoms with van der Waals surface area (Å²) in [6.45, 7) is 0. The molecule has 120 valence electrons. The molecule has 0 spiro atoms. The van der Waals surface area contributed by atoms with Gasteiger partial charge in [0.05, 0.1) is 27.9 Å². The van der Waals surface area contributed by atoms with Crippen molar-refractivity contribution in [1.29, 1.82) is 0 Å². The third-order valence-electron chi connectivity index (χ3n) is 3.66. The molecule has 2 aromatic rings. The number of nitrogens with zero attached hydrogens (tertiary/aromatic N) is 1. The molecule has 8 heteroatoms. The fraction of sp³-hybridized carbons (Fsp3) is 0.200. The van der Waals surface area contributed by atoms with Crippen LogP contribution in [0.2, 0.25) is 0 Å². The highest BCUT2D eigenvalue weighted by atomic mass is 19.4. The molecule has 0 aliphatic heterocycles. The first kappa shape index (κ1) is 15.1. The Hall–Kier alpha value is -2.77. The van der Waals surface area contributed by atoms with Crippen molar-refractivity contribution in [1.82, 2.24) is 9.55 Å². The van der Waals surface area contributed by atoms with Gasteiger partial charge in [-0.15, -0.1) is 0 Å². The second kappa shape index (κ2) is 5.15. The van der Waals surface area contributed by atoms with E-state index < -0.39 is 29.3 Å². The average Bonchev–Trinajstić information content (AvgIpc) is 2.81. The lowest BCUT2D eigenvalue weighted by Gasteiger charge is -2.09. The van der Waals surface area contributed by atoms with Crippen LogP contribution in [0.1, 0.15) is 12.0 Å². The normalized spacial score (nSPS) is 17.1. The minimum atomic E-state index is -4.45. The van der Waals surface area contributed by atoms with Gasteiger partial charge in [-0.1, -0.05) is 6.08 Å². The number of benzene rings is 1. The van der Waals surface area contributed by atoms with Crippen LogP contribution in [0.5, 0.6) is 0 Å². The maximum absolute atomic E-state index is 12.6. The molecule has 5 nitrogen and oxygen atoms in total. The predicted octanol–water partition coefficient (Wildman–Crippen LogP) is 0.850. The molecule has 0 amide bonds. The van der Waals surface area contributed by atoms with E-state index in [9.17, 15) is 22.8 Å². The Morgan fingerprint density at radius 1 is 1.26 bits per heavy atom. The maximum Gasteiger partial charge on any atom is 0.416 e. The molecule has 0 radical (unpaired) electrons. The van der Waals surface area contributed by atoms with Crippen molar-refractivity contribution in [2.24, 2.45) is 5.92 Å². The number of fused-ring (bicyclic) bond motifs is 1. The van der Waals surface area contributed by atoms with E-state index in [-0.39, 0.29) is 12.1 Å². The Balaban J connectivity index is 2.12. The van der Waals surface area contributed by atoms with E-state index in [1.54, 1.807) is 6.08 Å².